The molecule has 32 heavy (non-hydrogen) atoms. The summed E-state index contributed by atoms with van der Waals surface area (Å²) in [4.78, 5) is 13.0. The molecule has 0 saturated carbocycles. The molecule has 3 aromatic rings. The molecule has 3 N–H and O–H groups in total. The third kappa shape index (κ3) is 4.12. The van der Waals surface area contributed by atoms with Crippen molar-refractivity contribution in [2.45, 2.75) is 25.6 Å². The molecule has 2 aromatic heterocycles. The SMILES string of the molecule is COc1cccc(/C(N)=C2\C=NC=NC2(C)NC(C)c2nnc(-c3ccccc3F)o2)n1. The number of aromatic nitrogens is 3. The largest absolute Gasteiger partial charge is 0.481 e. The van der Waals surface area contributed by atoms with Crippen LogP contribution in [0.4, 0.5) is 4.39 Å². The van der Waals surface area contributed by atoms with Gasteiger partial charge in [0.05, 0.1) is 30.1 Å². The molecule has 0 bridgehead atoms. The number of halogens is 1. The Hall–Kier alpha value is -3.92. The summed E-state index contributed by atoms with van der Waals surface area (Å²) in [5.74, 6) is 0.380. The lowest BCUT2D eigenvalue weighted by atomic mass is 9.97. The third-order valence-corrected chi connectivity index (χ3v) is 5.02. The van der Waals surface area contributed by atoms with Crippen molar-refractivity contribution in [2.24, 2.45) is 15.7 Å². The van der Waals surface area contributed by atoms with Gasteiger partial charge >= 0.3 is 0 Å². The fraction of sp³-hybridized carbons (Fsp3) is 0.227. The van der Waals surface area contributed by atoms with E-state index < -0.39 is 17.5 Å². The van der Waals surface area contributed by atoms with Gasteiger partial charge in [-0.25, -0.2) is 19.4 Å². The van der Waals surface area contributed by atoms with Crippen LogP contribution in [0.1, 0.15) is 31.5 Å². The summed E-state index contributed by atoms with van der Waals surface area (Å²) in [6.45, 7) is 3.68. The molecule has 0 fully saturated rings. The van der Waals surface area contributed by atoms with Crippen LogP contribution in [-0.2, 0) is 0 Å². The second-order valence-electron chi connectivity index (χ2n) is 7.28. The second-order valence-corrected chi connectivity index (χ2v) is 7.28. The number of pyridine rings is 1. The Labute approximate surface area is 184 Å². The summed E-state index contributed by atoms with van der Waals surface area (Å²) < 4.78 is 25.0. The van der Waals surface area contributed by atoms with E-state index in [9.17, 15) is 4.39 Å². The van der Waals surface area contributed by atoms with Gasteiger partial charge in [0.2, 0.25) is 11.8 Å². The number of nitrogens with zero attached hydrogens (tertiary/aromatic N) is 5. The topological polar surface area (TPSA) is 124 Å². The van der Waals surface area contributed by atoms with E-state index in [1.165, 1.54) is 19.5 Å². The molecular weight excluding hydrogens is 413 g/mol. The molecular formula is C22H22FN7O2. The van der Waals surface area contributed by atoms with E-state index >= 15 is 0 Å². The van der Waals surface area contributed by atoms with E-state index in [0.29, 0.717) is 22.8 Å². The number of ether oxygens (including phenoxy) is 1. The number of hydrogen-bond donors (Lipinski definition) is 2. The molecule has 1 aromatic carbocycles. The molecule has 0 spiro atoms. The highest BCUT2D eigenvalue weighted by molar-refractivity contribution is 5.97. The monoisotopic (exact) mass is 435 g/mol. The number of benzene rings is 1. The average molecular weight is 435 g/mol. The molecule has 1 aliphatic heterocycles. The molecule has 9 nitrogen and oxygen atoms in total. The van der Waals surface area contributed by atoms with Gasteiger partial charge < -0.3 is 14.9 Å². The fourth-order valence-electron chi connectivity index (χ4n) is 3.35. The van der Waals surface area contributed by atoms with Crippen molar-refractivity contribution < 1.29 is 13.5 Å². The quantitative estimate of drug-likeness (QED) is 0.609. The summed E-state index contributed by atoms with van der Waals surface area (Å²) in [6.07, 6.45) is 3.07. The zero-order chi connectivity index (χ0) is 22.7. The minimum atomic E-state index is -0.956. The van der Waals surface area contributed by atoms with E-state index in [-0.39, 0.29) is 17.3 Å². The average Bonchev–Trinajstić information content (AvgIpc) is 3.29. The molecule has 3 heterocycles. The van der Waals surface area contributed by atoms with Gasteiger partial charge in [-0.3, -0.25) is 5.32 Å². The Morgan fingerprint density at radius 2 is 2.00 bits per heavy atom. The highest BCUT2D eigenvalue weighted by Gasteiger charge is 2.34. The van der Waals surface area contributed by atoms with Crippen LogP contribution >= 0.6 is 0 Å². The van der Waals surface area contributed by atoms with Crippen molar-refractivity contribution in [1.82, 2.24) is 20.5 Å². The molecule has 164 valence electrons. The van der Waals surface area contributed by atoms with Gasteiger partial charge in [-0.05, 0) is 32.0 Å². The van der Waals surface area contributed by atoms with E-state index in [2.05, 4.69) is 30.5 Å². The Balaban J connectivity index is 1.63. The first-order chi connectivity index (χ1) is 15.4. The summed E-state index contributed by atoms with van der Waals surface area (Å²) in [5, 5.41) is 11.4. The maximum absolute atomic E-state index is 14.1. The molecule has 2 atom stereocenters. The lowest BCUT2D eigenvalue weighted by Gasteiger charge is -2.32. The zero-order valence-electron chi connectivity index (χ0n) is 17.8. The maximum atomic E-state index is 14.1. The van der Waals surface area contributed by atoms with Crippen LogP contribution in [0.5, 0.6) is 5.88 Å². The molecule has 0 amide bonds. The van der Waals surface area contributed by atoms with Crippen molar-refractivity contribution in [3.05, 3.63) is 65.4 Å². The van der Waals surface area contributed by atoms with Gasteiger partial charge in [0.1, 0.15) is 17.8 Å². The number of aliphatic imine (C=N–C) groups is 2. The van der Waals surface area contributed by atoms with Gasteiger partial charge in [-0.1, -0.05) is 18.2 Å². The van der Waals surface area contributed by atoms with E-state index in [0.717, 1.165) is 0 Å². The van der Waals surface area contributed by atoms with Crippen molar-refractivity contribution in [3.8, 4) is 17.3 Å². The lowest BCUT2D eigenvalue weighted by Crippen LogP contribution is -2.46. The lowest BCUT2D eigenvalue weighted by molar-refractivity contribution is 0.343. The summed E-state index contributed by atoms with van der Waals surface area (Å²) in [7, 11) is 1.54. The Kier molecular flexibility index (Phi) is 5.78. The minimum absolute atomic E-state index is 0.0986. The molecule has 1 aliphatic rings. The number of rotatable bonds is 6. The summed E-state index contributed by atoms with van der Waals surface area (Å²) in [6, 6.07) is 11.1. The smallest absolute Gasteiger partial charge is 0.250 e. The summed E-state index contributed by atoms with van der Waals surface area (Å²) >= 11 is 0. The van der Waals surface area contributed by atoms with Gasteiger partial charge in [0.15, 0.2) is 0 Å². The molecule has 0 aliphatic carbocycles. The van der Waals surface area contributed by atoms with Crippen LogP contribution in [-0.4, -0.2) is 40.5 Å². The minimum Gasteiger partial charge on any atom is -0.481 e. The molecule has 4 rings (SSSR count). The molecule has 0 radical (unpaired) electrons. The van der Waals surface area contributed by atoms with Gasteiger partial charge in [0, 0.05) is 17.9 Å². The fourth-order valence-corrected chi connectivity index (χ4v) is 3.35. The standard InChI is InChI=1S/C22H22FN7O2/c1-13(20-29-30-21(32-20)14-7-4-5-8-16(14)23)28-22(2)15(11-25-12-26-22)19(24)17-9-6-10-18(27-17)31-3/h4-13,28H,24H2,1-3H3/b19-15-. The highest BCUT2D eigenvalue weighted by Crippen LogP contribution is 2.29. The predicted molar refractivity (Wildman–Crippen MR) is 119 cm³/mol. The first-order valence-electron chi connectivity index (χ1n) is 9.86. The van der Waals surface area contributed by atoms with Crippen molar-refractivity contribution >= 4 is 18.3 Å². The Morgan fingerprint density at radius 1 is 1.19 bits per heavy atom. The van der Waals surface area contributed by atoms with E-state index in [1.54, 1.807) is 42.6 Å². The first kappa shape index (κ1) is 21.3. The predicted octanol–water partition coefficient (Wildman–Crippen LogP) is 3.13. The van der Waals surface area contributed by atoms with Crippen LogP contribution in [0.2, 0.25) is 0 Å². The van der Waals surface area contributed by atoms with Crippen molar-refractivity contribution in [1.29, 1.82) is 0 Å². The van der Waals surface area contributed by atoms with Crippen molar-refractivity contribution in [3.63, 3.8) is 0 Å². The molecule has 10 heteroatoms. The summed E-state index contributed by atoms with van der Waals surface area (Å²) in [5.41, 5.74) is 7.26. The van der Waals surface area contributed by atoms with Crippen LogP contribution in [0.25, 0.3) is 17.2 Å². The molecule has 2 unspecified atom stereocenters. The van der Waals surface area contributed by atoms with Crippen LogP contribution in [0.3, 0.4) is 0 Å². The Bertz CT molecular complexity index is 1220. The number of methoxy groups -OCH3 is 1. The third-order valence-electron chi connectivity index (χ3n) is 5.02. The zero-order valence-corrected chi connectivity index (χ0v) is 17.8. The van der Waals surface area contributed by atoms with E-state index in [4.69, 9.17) is 14.9 Å². The Morgan fingerprint density at radius 3 is 2.78 bits per heavy atom. The van der Waals surface area contributed by atoms with Crippen molar-refractivity contribution in [2.75, 3.05) is 7.11 Å². The maximum Gasteiger partial charge on any atom is 0.250 e. The number of hydrogen-bond acceptors (Lipinski definition) is 9. The van der Waals surface area contributed by atoms with Gasteiger partial charge in [-0.15, -0.1) is 10.2 Å². The number of nitrogens with two attached hydrogens (primary N) is 1. The normalized spacial score (nSPS) is 20.2. The van der Waals surface area contributed by atoms with Crippen LogP contribution in [0.15, 0.2) is 62.4 Å². The van der Waals surface area contributed by atoms with E-state index in [1.807, 2.05) is 13.8 Å². The van der Waals surface area contributed by atoms with Crippen LogP contribution in [0, 0.1) is 5.82 Å². The van der Waals surface area contributed by atoms with Gasteiger partial charge in [0.25, 0.3) is 5.89 Å². The second kappa shape index (κ2) is 8.67. The van der Waals surface area contributed by atoms with Crippen LogP contribution < -0.4 is 15.8 Å². The molecule has 0 saturated heterocycles. The highest BCUT2D eigenvalue weighted by atomic mass is 19.1. The van der Waals surface area contributed by atoms with Gasteiger partial charge in [-0.2, -0.15) is 0 Å². The first-order valence-corrected chi connectivity index (χ1v) is 9.86. The number of nitrogens with one attached hydrogen (secondary N) is 1.